The van der Waals surface area contributed by atoms with Crippen LogP contribution in [-0.2, 0) is 49.6 Å². The van der Waals surface area contributed by atoms with Crippen molar-refractivity contribution in [3.8, 4) is 5.75 Å². The molecule has 2 aromatic rings. The van der Waals surface area contributed by atoms with Crippen molar-refractivity contribution >= 4 is 70.6 Å². The van der Waals surface area contributed by atoms with Crippen LogP contribution in [0.15, 0.2) is 53.5 Å². The summed E-state index contributed by atoms with van der Waals surface area (Å²) in [6, 6.07) is 0.579. The van der Waals surface area contributed by atoms with E-state index in [1.807, 2.05) is 0 Å². The first-order valence-corrected chi connectivity index (χ1v) is 25.0. The van der Waals surface area contributed by atoms with Crippen LogP contribution >= 0.6 is 0 Å². The molecule has 0 fully saturated rings. The van der Waals surface area contributed by atoms with Gasteiger partial charge in [-0.1, -0.05) is 32.4 Å². The Hall–Kier alpha value is -8.02. The summed E-state index contributed by atoms with van der Waals surface area (Å²) in [5, 5.41) is 60.6. The molecule has 77 heavy (non-hydrogen) atoms. The first-order valence-electron chi connectivity index (χ1n) is 25.0. The number of phenolic OH excluding ortho intramolecular Hbond substituents is 1. The monoisotopic (exact) mass is 1090 g/mol. The van der Waals surface area contributed by atoms with Gasteiger partial charge in [-0.3, -0.25) is 58.3 Å². The van der Waals surface area contributed by atoms with Crippen molar-refractivity contribution in [2.75, 3.05) is 38.1 Å². The number of rotatable bonds is 36. The van der Waals surface area contributed by atoms with Crippen LogP contribution < -0.4 is 71.2 Å². The van der Waals surface area contributed by atoms with Gasteiger partial charge in [0.15, 0.2) is 5.96 Å². The van der Waals surface area contributed by atoms with Crippen LogP contribution in [0.5, 0.6) is 5.75 Å². The molecule has 2 rings (SSSR count). The van der Waals surface area contributed by atoms with Gasteiger partial charge in [0.05, 0.1) is 30.5 Å². The number of aliphatic hydroxyl groups excluding tert-OH is 1. The number of nitro groups is 1. The number of nitrogens with two attached hydrogens (primary N) is 5. The van der Waals surface area contributed by atoms with Gasteiger partial charge in [0.1, 0.15) is 42.0 Å². The standard InChI is InChI=1S/C48H75N15O14/c1-3-27(2)40(62-45(73)36(24-39(67)68)57-38(66)25-55-42(70)33(10-4-6-20-49)58-41(69)32(51)9-8-22-54-48(52)53)47(75)59-34(11-5-7-21-50)43(71)61-37(26-64)46(74)60-35(23-28-12-18-31(65)19-13-28)44(72)56-29-14-16-30(17-15-29)63(76)77/h12-19,27,32-37,40,64-65H,3-11,20-26,49-51H2,1-2H3,(H,55,70)(H,56,72)(H,57,66)(H,58,69)(H,59,75)(H,60,74)(H,61,71)(H,62,73)(H,67,68)(H4,52,53,54). The number of nitrogens with one attached hydrogen (secondary N) is 8. The van der Waals surface area contributed by atoms with E-state index in [0.29, 0.717) is 37.8 Å². The van der Waals surface area contributed by atoms with E-state index < -0.39 is 126 Å². The average Bonchev–Trinajstić information content (AvgIpc) is 3.38. The molecule has 2 aromatic carbocycles. The van der Waals surface area contributed by atoms with E-state index in [1.54, 1.807) is 13.8 Å². The molecule has 0 aromatic heterocycles. The molecule has 0 radical (unpaired) electrons. The fourth-order valence-electron chi connectivity index (χ4n) is 7.30. The van der Waals surface area contributed by atoms with Crippen LogP contribution in [0.25, 0.3) is 0 Å². The Labute approximate surface area is 444 Å². The molecule has 0 heterocycles. The number of nitro benzene ring substituents is 1. The minimum absolute atomic E-state index is 0.0642. The van der Waals surface area contributed by atoms with Gasteiger partial charge < -0.3 is 86.5 Å². The maximum Gasteiger partial charge on any atom is 0.305 e. The highest BCUT2D eigenvalue weighted by atomic mass is 16.6. The molecule has 29 heteroatoms. The molecule has 8 atom stereocenters. The highest BCUT2D eigenvalue weighted by Crippen LogP contribution is 2.18. The summed E-state index contributed by atoms with van der Waals surface area (Å²) in [6.45, 7) is 2.21. The quantitative estimate of drug-likeness (QED) is 0.0104. The number of non-ortho nitro benzene ring substituents is 1. The van der Waals surface area contributed by atoms with Gasteiger partial charge in [0.2, 0.25) is 47.3 Å². The third-order valence-corrected chi connectivity index (χ3v) is 11.9. The normalized spacial score (nSPS) is 14.0. The summed E-state index contributed by atoms with van der Waals surface area (Å²) in [7, 11) is 0. The summed E-state index contributed by atoms with van der Waals surface area (Å²) in [6.07, 6.45) is 1.28. The number of carboxylic acid groups (broad SMARTS) is 1. The van der Waals surface area contributed by atoms with Crippen LogP contribution in [0.2, 0.25) is 0 Å². The van der Waals surface area contributed by atoms with Gasteiger partial charge in [-0.15, -0.1) is 0 Å². The summed E-state index contributed by atoms with van der Waals surface area (Å²) >= 11 is 0. The Morgan fingerprint density at radius 3 is 1.75 bits per heavy atom. The number of unbranched alkanes of at least 4 members (excludes halogenated alkanes) is 2. The number of amides is 8. The molecular formula is C48H75N15O14. The maximum absolute atomic E-state index is 14.1. The first kappa shape index (κ1) is 65.1. The largest absolute Gasteiger partial charge is 0.508 e. The fraction of sp³-hybridized carbons (Fsp3) is 0.542. The third-order valence-electron chi connectivity index (χ3n) is 11.9. The number of benzene rings is 2. The van der Waals surface area contributed by atoms with Crippen molar-refractivity contribution in [1.82, 2.24) is 37.2 Å². The van der Waals surface area contributed by atoms with Gasteiger partial charge in [0, 0.05) is 30.8 Å². The molecule has 0 aliphatic heterocycles. The zero-order chi connectivity index (χ0) is 57.6. The Balaban J connectivity index is 2.26. The number of aliphatic hydroxyl groups is 1. The zero-order valence-electron chi connectivity index (χ0n) is 43.2. The van der Waals surface area contributed by atoms with Crippen molar-refractivity contribution in [2.45, 2.75) is 127 Å². The zero-order valence-corrected chi connectivity index (χ0v) is 43.2. The minimum Gasteiger partial charge on any atom is -0.508 e. The van der Waals surface area contributed by atoms with Crippen molar-refractivity contribution in [3.05, 3.63) is 64.2 Å². The molecule has 0 aliphatic rings. The van der Waals surface area contributed by atoms with Crippen LogP contribution in [0.4, 0.5) is 11.4 Å². The number of carbonyl (C=O) groups excluding carboxylic acids is 8. The highest BCUT2D eigenvalue weighted by molar-refractivity contribution is 6.00. The number of anilines is 1. The Kier molecular flexibility index (Phi) is 29.2. The van der Waals surface area contributed by atoms with E-state index in [2.05, 4.69) is 47.5 Å². The van der Waals surface area contributed by atoms with Gasteiger partial charge in [-0.2, -0.15) is 0 Å². The number of guanidine groups is 1. The van der Waals surface area contributed by atoms with Gasteiger partial charge in [-0.25, -0.2) is 0 Å². The van der Waals surface area contributed by atoms with Crippen LogP contribution in [0.3, 0.4) is 0 Å². The average molecular weight is 1090 g/mol. The van der Waals surface area contributed by atoms with Crippen LogP contribution in [0.1, 0.15) is 83.6 Å². The van der Waals surface area contributed by atoms with E-state index in [0.717, 1.165) is 12.1 Å². The Morgan fingerprint density at radius 1 is 0.662 bits per heavy atom. The van der Waals surface area contributed by atoms with Crippen LogP contribution in [-0.4, -0.2) is 155 Å². The summed E-state index contributed by atoms with van der Waals surface area (Å²) in [5.41, 5.74) is 28.3. The Bertz CT molecular complexity index is 2320. The van der Waals surface area contributed by atoms with E-state index in [4.69, 9.17) is 28.7 Å². The predicted octanol–water partition coefficient (Wildman–Crippen LogP) is -3.34. The predicted molar refractivity (Wildman–Crippen MR) is 281 cm³/mol. The molecule has 0 bridgehead atoms. The second-order valence-electron chi connectivity index (χ2n) is 18.0. The second-order valence-corrected chi connectivity index (χ2v) is 18.0. The highest BCUT2D eigenvalue weighted by Gasteiger charge is 2.35. The van der Waals surface area contributed by atoms with Gasteiger partial charge >= 0.3 is 5.97 Å². The van der Waals surface area contributed by atoms with Gasteiger partial charge in [-0.05, 0) is 100 Å². The number of aliphatic imine (C=N–C) groups is 1. The first-order chi connectivity index (χ1) is 36.5. The van der Waals surface area contributed by atoms with Crippen molar-refractivity contribution < 1.29 is 63.4 Å². The minimum atomic E-state index is -1.80. The number of aliphatic carboxylic acids is 1. The van der Waals surface area contributed by atoms with E-state index in [-0.39, 0.29) is 74.7 Å². The number of phenols is 1. The van der Waals surface area contributed by atoms with Crippen molar-refractivity contribution in [1.29, 1.82) is 0 Å². The lowest BCUT2D eigenvalue weighted by Crippen LogP contribution is -2.61. The molecule has 21 N–H and O–H groups in total. The number of hydrogen-bond acceptors (Lipinski definition) is 17. The number of carboxylic acids is 1. The van der Waals surface area contributed by atoms with Crippen molar-refractivity contribution in [3.63, 3.8) is 0 Å². The number of nitrogens with zero attached hydrogens (tertiary/aromatic N) is 2. The Morgan fingerprint density at radius 2 is 1.21 bits per heavy atom. The lowest BCUT2D eigenvalue weighted by molar-refractivity contribution is -0.384. The maximum atomic E-state index is 14.1. The van der Waals surface area contributed by atoms with E-state index >= 15 is 0 Å². The summed E-state index contributed by atoms with van der Waals surface area (Å²) in [5.74, 6) is -9.70. The van der Waals surface area contributed by atoms with Crippen LogP contribution in [0, 0.1) is 16.0 Å². The topological polar surface area (TPSA) is 496 Å². The SMILES string of the molecule is CCC(C)C(NC(=O)C(CC(=O)O)NC(=O)CNC(=O)C(CCCCN)NC(=O)C(N)CCCN=C(N)N)C(=O)NC(CCCCN)C(=O)NC(CO)C(=O)NC(Cc1ccc(O)cc1)C(=O)Nc1ccc([N+](=O)[O-])cc1. The van der Waals surface area contributed by atoms with E-state index in [9.17, 15) is 68.6 Å². The molecule has 0 aliphatic carbocycles. The lowest BCUT2D eigenvalue weighted by Gasteiger charge is -2.29. The molecule has 0 saturated carbocycles. The molecule has 426 valence electrons. The summed E-state index contributed by atoms with van der Waals surface area (Å²) in [4.78, 5) is 135. The number of hydrogen-bond donors (Lipinski definition) is 16. The van der Waals surface area contributed by atoms with Crippen molar-refractivity contribution in [2.24, 2.45) is 39.6 Å². The number of carbonyl (C=O) groups is 9. The van der Waals surface area contributed by atoms with E-state index in [1.165, 1.54) is 36.4 Å². The summed E-state index contributed by atoms with van der Waals surface area (Å²) < 4.78 is 0. The second kappa shape index (κ2) is 34.5. The fourth-order valence-corrected chi connectivity index (χ4v) is 7.30. The van der Waals surface area contributed by atoms with Gasteiger partial charge in [0.25, 0.3) is 5.69 Å². The molecule has 8 unspecified atom stereocenters. The molecular weight excluding hydrogens is 1010 g/mol. The molecule has 0 spiro atoms. The third kappa shape index (κ3) is 24.5. The lowest BCUT2D eigenvalue weighted by atomic mass is 9.96. The molecule has 8 amide bonds. The molecule has 29 nitrogen and oxygen atoms in total. The number of aromatic hydroxyl groups is 1. The smallest absolute Gasteiger partial charge is 0.305 e. The molecule has 0 saturated heterocycles.